The molecule has 1 aliphatic rings. The van der Waals surface area contributed by atoms with Crippen molar-refractivity contribution in [3.05, 3.63) is 66.6 Å². The van der Waals surface area contributed by atoms with Gasteiger partial charge >= 0.3 is 11.7 Å². The molecule has 11 heteroatoms. The number of benzene rings is 1. The van der Waals surface area contributed by atoms with Gasteiger partial charge < -0.3 is 5.11 Å². The van der Waals surface area contributed by atoms with Crippen LogP contribution in [0.5, 0.6) is 5.88 Å². The lowest BCUT2D eigenvalue weighted by Gasteiger charge is -2.23. The molecule has 0 N–H and O–H groups in total. The maximum absolute atomic E-state index is 13.4. The lowest BCUT2D eigenvalue weighted by molar-refractivity contribution is -0.732. The molecular formula is C20H14Cl2F3N3O2S. The zero-order chi connectivity index (χ0) is 22.5. The van der Waals surface area contributed by atoms with Gasteiger partial charge in [-0.1, -0.05) is 29.3 Å². The van der Waals surface area contributed by atoms with Crippen LogP contribution in [-0.2, 0) is 12.7 Å². The van der Waals surface area contributed by atoms with E-state index in [4.69, 9.17) is 23.2 Å². The van der Waals surface area contributed by atoms with Crippen LogP contribution in [0.3, 0.4) is 0 Å². The molecule has 5 nitrogen and oxygen atoms in total. The summed E-state index contributed by atoms with van der Waals surface area (Å²) in [6.07, 6.45) is 0.876. The van der Waals surface area contributed by atoms with E-state index in [1.807, 2.05) is 6.08 Å². The van der Waals surface area contributed by atoms with Gasteiger partial charge in [-0.15, -0.1) is 11.3 Å². The van der Waals surface area contributed by atoms with E-state index in [1.54, 1.807) is 13.0 Å². The Balaban J connectivity index is 2.01. The molecule has 1 aromatic carbocycles. The molecule has 1 unspecified atom stereocenters. The van der Waals surface area contributed by atoms with Gasteiger partial charge in [0.1, 0.15) is 18.2 Å². The molecule has 31 heavy (non-hydrogen) atoms. The zero-order valence-corrected chi connectivity index (χ0v) is 18.2. The number of hydrogen-bond donors (Lipinski definition) is 0. The standard InChI is InChI=1S/C20H14Cl2F3N3O2S/c1-10-3-2-4-15-27(9-14-8-26-19(22)31-14)17(29)16(18(30)28(10)15)11-5-12(20(23,24)25)7-13(21)6-11/h2,4-8,10H,3,9H2,1H3. The molecule has 4 rings (SSSR count). The Bertz CT molecular complexity index is 1270. The van der Waals surface area contributed by atoms with Crippen molar-refractivity contribution in [1.82, 2.24) is 9.55 Å². The number of allylic oxidation sites excluding steroid dienone is 1. The highest BCUT2D eigenvalue weighted by atomic mass is 35.5. The van der Waals surface area contributed by atoms with Crippen molar-refractivity contribution in [2.75, 3.05) is 0 Å². The second-order valence-electron chi connectivity index (χ2n) is 7.09. The number of halogens is 5. The average molecular weight is 488 g/mol. The lowest BCUT2D eigenvalue weighted by atomic mass is 10.0. The minimum atomic E-state index is -4.68. The molecule has 0 spiro atoms. The molecule has 0 saturated carbocycles. The molecule has 0 aliphatic carbocycles. The Morgan fingerprint density at radius 2 is 2.06 bits per heavy atom. The second-order valence-corrected chi connectivity index (χ2v) is 9.23. The van der Waals surface area contributed by atoms with Crippen LogP contribution in [0, 0.1) is 0 Å². The van der Waals surface area contributed by atoms with Crippen molar-refractivity contribution in [2.45, 2.75) is 32.1 Å². The molecule has 162 valence electrons. The van der Waals surface area contributed by atoms with Crippen molar-refractivity contribution in [2.24, 2.45) is 0 Å². The first-order valence-electron chi connectivity index (χ1n) is 9.10. The molecule has 3 heterocycles. The Kier molecular flexibility index (Phi) is 5.61. The van der Waals surface area contributed by atoms with Crippen LogP contribution in [-0.4, -0.2) is 9.55 Å². The zero-order valence-electron chi connectivity index (χ0n) is 15.9. The molecule has 0 saturated heterocycles. The smallest absolute Gasteiger partial charge is 0.416 e. The van der Waals surface area contributed by atoms with E-state index >= 15 is 0 Å². The van der Waals surface area contributed by atoms with E-state index in [9.17, 15) is 23.1 Å². The quantitative estimate of drug-likeness (QED) is 0.503. The summed E-state index contributed by atoms with van der Waals surface area (Å²) >= 11 is 13.0. The van der Waals surface area contributed by atoms with Gasteiger partial charge in [-0.2, -0.15) is 17.7 Å². The average Bonchev–Trinajstić information content (AvgIpc) is 3.09. The third kappa shape index (κ3) is 4.09. The first-order chi connectivity index (χ1) is 14.6. The number of fused-ring (bicyclic) bond motifs is 1. The van der Waals surface area contributed by atoms with Crippen molar-refractivity contribution < 1.29 is 22.8 Å². The highest BCUT2D eigenvalue weighted by Crippen LogP contribution is 2.35. The monoisotopic (exact) mass is 487 g/mol. The van der Waals surface area contributed by atoms with Crippen LogP contribution in [0.2, 0.25) is 9.49 Å². The van der Waals surface area contributed by atoms with Gasteiger partial charge in [-0.3, -0.25) is 0 Å². The van der Waals surface area contributed by atoms with Gasteiger partial charge in [-0.25, -0.2) is 14.3 Å². The van der Waals surface area contributed by atoms with Crippen molar-refractivity contribution in [3.8, 4) is 17.0 Å². The van der Waals surface area contributed by atoms with Crippen LogP contribution in [0.4, 0.5) is 13.2 Å². The first-order valence-corrected chi connectivity index (χ1v) is 10.7. The number of nitrogens with zero attached hydrogens (tertiary/aromatic N) is 3. The molecular weight excluding hydrogens is 474 g/mol. The lowest BCUT2D eigenvalue weighted by Crippen LogP contribution is -2.49. The van der Waals surface area contributed by atoms with E-state index in [0.717, 1.165) is 12.1 Å². The van der Waals surface area contributed by atoms with E-state index in [-0.39, 0.29) is 28.7 Å². The van der Waals surface area contributed by atoms with Crippen LogP contribution in [0.15, 0.2) is 35.3 Å². The van der Waals surface area contributed by atoms with Crippen molar-refractivity contribution in [1.29, 1.82) is 0 Å². The number of alkyl halides is 3. The fourth-order valence-corrected chi connectivity index (χ4v) is 4.77. The summed E-state index contributed by atoms with van der Waals surface area (Å²) in [6.45, 7) is 1.87. The summed E-state index contributed by atoms with van der Waals surface area (Å²) < 4.78 is 43.0. The minimum absolute atomic E-state index is 0.0651. The Hall–Kier alpha value is -2.36. The third-order valence-electron chi connectivity index (χ3n) is 4.95. The normalized spacial score (nSPS) is 15.9. The highest BCUT2D eigenvalue weighted by Gasteiger charge is 2.33. The van der Waals surface area contributed by atoms with Crippen LogP contribution >= 0.6 is 34.5 Å². The predicted molar refractivity (Wildman–Crippen MR) is 110 cm³/mol. The maximum atomic E-state index is 13.4. The summed E-state index contributed by atoms with van der Waals surface area (Å²) in [7, 11) is 0. The molecule has 0 amide bonds. The summed E-state index contributed by atoms with van der Waals surface area (Å²) in [4.78, 5) is 17.9. The van der Waals surface area contributed by atoms with Crippen LogP contribution < -0.4 is 15.2 Å². The maximum Gasteiger partial charge on any atom is 0.416 e. The van der Waals surface area contributed by atoms with Crippen LogP contribution in [0.25, 0.3) is 17.2 Å². The Labute approximate surface area is 188 Å². The van der Waals surface area contributed by atoms with Gasteiger partial charge in [0, 0.05) is 23.7 Å². The van der Waals surface area contributed by atoms with E-state index in [2.05, 4.69) is 4.98 Å². The SMILES string of the molecule is CC1CC=Cc2n1c(=O)c(-c1cc(Cl)cc(C(F)(F)F)c1)c([O-])[n+]2Cc1cnc(Cl)s1. The molecule has 1 aliphatic heterocycles. The first kappa shape index (κ1) is 21.9. The van der Waals surface area contributed by atoms with Gasteiger partial charge in [0.15, 0.2) is 4.47 Å². The summed E-state index contributed by atoms with van der Waals surface area (Å²) in [6, 6.07) is 2.43. The number of rotatable bonds is 3. The second kappa shape index (κ2) is 7.96. The molecule has 1 atom stereocenters. The fourth-order valence-electron chi connectivity index (χ4n) is 3.57. The molecule has 0 bridgehead atoms. The summed E-state index contributed by atoms with van der Waals surface area (Å²) in [5, 5.41) is 13.2. The highest BCUT2D eigenvalue weighted by molar-refractivity contribution is 7.15. The molecule has 2 aromatic heterocycles. The largest absolute Gasteiger partial charge is 0.842 e. The van der Waals surface area contributed by atoms with Gasteiger partial charge in [0.25, 0.3) is 5.82 Å². The van der Waals surface area contributed by atoms with E-state index < -0.39 is 23.2 Å². The summed E-state index contributed by atoms with van der Waals surface area (Å²) in [5.41, 5.74) is -2.24. The van der Waals surface area contributed by atoms with E-state index in [1.165, 1.54) is 32.7 Å². The fraction of sp³-hybridized carbons (Fsp3) is 0.250. The third-order valence-corrected chi connectivity index (χ3v) is 6.27. The molecule has 0 fully saturated rings. The van der Waals surface area contributed by atoms with E-state index in [0.29, 0.717) is 21.6 Å². The minimum Gasteiger partial charge on any atom is -0.842 e. The van der Waals surface area contributed by atoms with Crippen LogP contribution in [0.1, 0.15) is 35.7 Å². The number of thiazole rings is 1. The van der Waals surface area contributed by atoms with Crippen molar-refractivity contribution >= 4 is 40.6 Å². The predicted octanol–water partition coefficient (Wildman–Crippen LogP) is 4.68. The van der Waals surface area contributed by atoms with Gasteiger partial charge in [0.2, 0.25) is 0 Å². The van der Waals surface area contributed by atoms with Gasteiger partial charge in [-0.05, 0) is 30.7 Å². The Morgan fingerprint density at radius 3 is 2.71 bits per heavy atom. The molecule has 0 radical (unpaired) electrons. The topological polar surface area (TPSA) is 61.8 Å². The van der Waals surface area contributed by atoms with Gasteiger partial charge in [0.05, 0.1) is 16.3 Å². The summed E-state index contributed by atoms with van der Waals surface area (Å²) in [5.74, 6) is -0.352. The van der Waals surface area contributed by atoms with Crippen molar-refractivity contribution in [3.63, 3.8) is 0 Å². The molecule has 3 aromatic rings. The number of hydrogen-bond acceptors (Lipinski definition) is 4. The Morgan fingerprint density at radius 1 is 1.32 bits per heavy atom. The number of aromatic nitrogens is 3.